The maximum atomic E-state index is 9.97. The lowest BCUT2D eigenvalue weighted by Crippen LogP contribution is -2.32. The summed E-state index contributed by atoms with van der Waals surface area (Å²) in [4.78, 5) is 4.27. The topological polar surface area (TPSA) is 45.1 Å². The van der Waals surface area contributed by atoms with Crippen LogP contribution in [0.3, 0.4) is 0 Å². The molecule has 3 nitrogen and oxygen atoms in total. The van der Waals surface area contributed by atoms with E-state index >= 15 is 0 Å². The van der Waals surface area contributed by atoms with Crippen LogP contribution in [0.15, 0.2) is 22.8 Å². The zero-order chi connectivity index (χ0) is 11.4. The molecular weight excluding hydrogens is 268 g/mol. The molecule has 0 amide bonds. The third-order valence-corrected chi connectivity index (χ3v) is 3.51. The van der Waals surface area contributed by atoms with Crippen LogP contribution in [0.25, 0.3) is 0 Å². The molecule has 0 spiro atoms. The zero-order valence-corrected chi connectivity index (χ0v) is 10.8. The molecule has 2 rings (SSSR count). The van der Waals surface area contributed by atoms with Crippen LogP contribution in [-0.4, -0.2) is 22.2 Å². The van der Waals surface area contributed by atoms with Crippen molar-refractivity contribution in [3.8, 4) is 0 Å². The number of pyridine rings is 1. The molecule has 2 atom stereocenters. The van der Waals surface area contributed by atoms with Crippen molar-refractivity contribution in [3.63, 3.8) is 0 Å². The average Bonchev–Trinajstić information content (AvgIpc) is 2.48. The van der Waals surface area contributed by atoms with Crippen LogP contribution >= 0.6 is 15.9 Å². The van der Waals surface area contributed by atoms with E-state index in [9.17, 15) is 5.11 Å². The Balaban J connectivity index is 1.99. The average molecular weight is 285 g/mol. The van der Waals surface area contributed by atoms with Crippen LogP contribution in [0, 0.1) is 0 Å². The van der Waals surface area contributed by atoms with Gasteiger partial charge in [-0.05, 0) is 40.9 Å². The molecule has 0 aromatic carbocycles. The number of rotatable bonds is 2. The van der Waals surface area contributed by atoms with Crippen LogP contribution in [-0.2, 0) is 0 Å². The number of hydrogen-bond donors (Lipinski definition) is 2. The van der Waals surface area contributed by atoms with Gasteiger partial charge in [-0.25, -0.2) is 4.98 Å². The summed E-state index contributed by atoms with van der Waals surface area (Å²) in [5.74, 6) is 0.842. The van der Waals surface area contributed by atoms with Crippen molar-refractivity contribution >= 4 is 21.7 Å². The van der Waals surface area contributed by atoms with E-state index in [-0.39, 0.29) is 12.1 Å². The van der Waals surface area contributed by atoms with Crippen molar-refractivity contribution in [2.45, 2.75) is 44.2 Å². The summed E-state index contributed by atoms with van der Waals surface area (Å²) >= 11 is 3.36. The monoisotopic (exact) mass is 284 g/mol. The van der Waals surface area contributed by atoms with Crippen LogP contribution < -0.4 is 5.32 Å². The van der Waals surface area contributed by atoms with E-state index in [0.717, 1.165) is 29.6 Å². The Morgan fingerprint density at radius 3 is 2.81 bits per heavy atom. The number of nitrogens with one attached hydrogen (secondary N) is 1. The van der Waals surface area contributed by atoms with Gasteiger partial charge in [0.1, 0.15) is 5.82 Å². The first-order valence-corrected chi connectivity index (χ1v) is 6.61. The molecule has 1 aromatic heterocycles. The molecule has 1 saturated carbocycles. The minimum Gasteiger partial charge on any atom is -0.391 e. The van der Waals surface area contributed by atoms with Gasteiger partial charge in [0.05, 0.1) is 12.1 Å². The number of aliphatic hydroxyl groups excluding tert-OH is 1. The van der Waals surface area contributed by atoms with Gasteiger partial charge in [-0.2, -0.15) is 0 Å². The van der Waals surface area contributed by atoms with Crippen LogP contribution in [0.2, 0.25) is 0 Å². The molecule has 16 heavy (non-hydrogen) atoms. The summed E-state index contributed by atoms with van der Waals surface area (Å²) in [6, 6.07) is 4.04. The number of aliphatic hydroxyl groups is 1. The fourth-order valence-electron chi connectivity index (χ4n) is 2.11. The second-order valence-corrected chi connectivity index (χ2v) is 5.23. The summed E-state index contributed by atoms with van der Waals surface area (Å²) in [5.41, 5.74) is 0. The molecule has 0 bridgehead atoms. The number of nitrogens with zero attached hydrogens (tertiary/aromatic N) is 1. The predicted octanol–water partition coefficient (Wildman–Crippen LogP) is 2.95. The Morgan fingerprint density at radius 1 is 1.25 bits per heavy atom. The summed E-state index contributed by atoms with van der Waals surface area (Å²) in [6.45, 7) is 0. The molecule has 2 N–H and O–H groups in total. The molecule has 4 heteroatoms. The van der Waals surface area contributed by atoms with Gasteiger partial charge in [0.15, 0.2) is 0 Å². The van der Waals surface area contributed by atoms with Crippen molar-refractivity contribution in [3.05, 3.63) is 22.8 Å². The van der Waals surface area contributed by atoms with Gasteiger partial charge in [0, 0.05) is 10.7 Å². The summed E-state index contributed by atoms with van der Waals surface area (Å²) in [6.07, 6.45) is 6.99. The maximum Gasteiger partial charge on any atom is 0.126 e. The highest BCUT2D eigenvalue weighted by Crippen LogP contribution is 2.21. The van der Waals surface area contributed by atoms with E-state index in [0.29, 0.717) is 0 Å². The largest absolute Gasteiger partial charge is 0.391 e. The Labute approximate surface area is 104 Å². The van der Waals surface area contributed by atoms with E-state index in [1.807, 2.05) is 12.1 Å². The van der Waals surface area contributed by atoms with Gasteiger partial charge in [-0.1, -0.05) is 19.3 Å². The maximum absolute atomic E-state index is 9.97. The van der Waals surface area contributed by atoms with Crippen LogP contribution in [0.1, 0.15) is 32.1 Å². The third-order valence-electron chi connectivity index (χ3n) is 3.04. The van der Waals surface area contributed by atoms with Crippen molar-refractivity contribution in [2.75, 3.05) is 5.32 Å². The van der Waals surface area contributed by atoms with Gasteiger partial charge in [-0.3, -0.25) is 0 Å². The number of halogens is 1. The highest BCUT2D eigenvalue weighted by Gasteiger charge is 2.21. The zero-order valence-electron chi connectivity index (χ0n) is 9.19. The van der Waals surface area contributed by atoms with Crippen LogP contribution in [0.5, 0.6) is 0 Å². The Morgan fingerprint density at radius 2 is 2.06 bits per heavy atom. The molecule has 0 aliphatic heterocycles. The van der Waals surface area contributed by atoms with E-state index in [1.54, 1.807) is 6.20 Å². The first kappa shape index (κ1) is 11.9. The van der Waals surface area contributed by atoms with E-state index in [1.165, 1.54) is 12.8 Å². The fourth-order valence-corrected chi connectivity index (χ4v) is 2.34. The molecule has 1 fully saturated rings. The molecular formula is C12H17BrN2O. The minimum absolute atomic E-state index is 0.149. The quantitative estimate of drug-likeness (QED) is 0.821. The fraction of sp³-hybridized carbons (Fsp3) is 0.583. The van der Waals surface area contributed by atoms with Crippen molar-refractivity contribution in [1.29, 1.82) is 0 Å². The molecule has 1 aliphatic carbocycles. The smallest absolute Gasteiger partial charge is 0.126 e. The van der Waals surface area contributed by atoms with Crippen molar-refractivity contribution in [2.24, 2.45) is 0 Å². The van der Waals surface area contributed by atoms with Gasteiger partial charge in [0.25, 0.3) is 0 Å². The normalized spacial score (nSPS) is 26.1. The minimum atomic E-state index is -0.243. The summed E-state index contributed by atoms with van der Waals surface area (Å²) in [5, 5.41) is 13.3. The molecule has 2 unspecified atom stereocenters. The van der Waals surface area contributed by atoms with Gasteiger partial charge in [0.2, 0.25) is 0 Å². The molecule has 0 radical (unpaired) electrons. The Bertz CT molecular complexity index is 328. The Kier molecular flexibility index (Phi) is 4.18. The van der Waals surface area contributed by atoms with Gasteiger partial charge >= 0.3 is 0 Å². The lowest BCUT2D eigenvalue weighted by atomic mass is 10.1. The number of aromatic nitrogens is 1. The van der Waals surface area contributed by atoms with E-state index in [2.05, 4.69) is 26.2 Å². The molecule has 0 saturated heterocycles. The molecule has 1 aliphatic rings. The van der Waals surface area contributed by atoms with Gasteiger partial charge in [-0.15, -0.1) is 0 Å². The van der Waals surface area contributed by atoms with Crippen LogP contribution in [0.4, 0.5) is 5.82 Å². The summed E-state index contributed by atoms with van der Waals surface area (Å²) in [7, 11) is 0. The first-order chi connectivity index (χ1) is 7.75. The van der Waals surface area contributed by atoms with Crippen molar-refractivity contribution < 1.29 is 5.11 Å². The molecule has 1 heterocycles. The Hall–Kier alpha value is -0.610. The highest BCUT2D eigenvalue weighted by atomic mass is 79.9. The second kappa shape index (κ2) is 5.64. The summed E-state index contributed by atoms with van der Waals surface area (Å²) < 4.78 is 0.972. The highest BCUT2D eigenvalue weighted by molar-refractivity contribution is 9.10. The third kappa shape index (κ3) is 3.19. The lowest BCUT2D eigenvalue weighted by Gasteiger charge is -2.22. The number of anilines is 1. The van der Waals surface area contributed by atoms with Crippen molar-refractivity contribution in [1.82, 2.24) is 4.98 Å². The SMILES string of the molecule is OC1CCCCCC1Nc1ccc(Br)cn1. The molecule has 1 aromatic rings. The standard InChI is InChI=1S/C12H17BrN2O/c13-9-6-7-12(14-8-9)15-10-4-2-1-3-5-11(10)16/h6-8,10-11,16H,1-5H2,(H,14,15). The first-order valence-electron chi connectivity index (χ1n) is 5.82. The number of hydrogen-bond acceptors (Lipinski definition) is 3. The second-order valence-electron chi connectivity index (χ2n) is 4.32. The predicted molar refractivity (Wildman–Crippen MR) is 68.4 cm³/mol. The van der Waals surface area contributed by atoms with Gasteiger partial charge < -0.3 is 10.4 Å². The molecule has 88 valence electrons. The lowest BCUT2D eigenvalue weighted by molar-refractivity contribution is 0.144. The van der Waals surface area contributed by atoms with E-state index < -0.39 is 0 Å². The van der Waals surface area contributed by atoms with E-state index in [4.69, 9.17) is 0 Å².